The predicted octanol–water partition coefficient (Wildman–Crippen LogP) is 2.42. The van der Waals surface area contributed by atoms with Crippen LogP contribution in [0.25, 0.3) is 0 Å². The van der Waals surface area contributed by atoms with E-state index in [2.05, 4.69) is 34.1 Å². The Bertz CT molecular complexity index is 521. The number of hydrogen-bond acceptors (Lipinski definition) is 6. The molecule has 6 heteroatoms. The average Bonchev–Trinajstić information content (AvgIpc) is 2.83. The van der Waals surface area contributed by atoms with E-state index in [1.807, 2.05) is 12.3 Å². The molecule has 0 saturated carbocycles. The van der Waals surface area contributed by atoms with Gasteiger partial charge in [0.05, 0.1) is 5.54 Å². The van der Waals surface area contributed by atoms with Gasteiger partial charge in [0.15, 0.2) is 0 Å². The first kappa shape index (κ1) is 12.8. The first-order valence-corrected chi connectivity index (χ1v) is 6.70. The van der Waals surface area contributed by atoms with E-state index in [1.165, 1.54) is 6.33 Å². The van der Waals surface area contributed by atoms with Crippen LogP contribution in [0, 0.1) is 0 Å². The van der Waals surface area contributed by atoms with Crippen LogP contribution in [0.5, 0.6) is 0 Å². The van der Waals surface area contributed by atoms with Gasteiger partial charge in [-0.15, -0.1) is 11.3 Å². The molecule has 0 spiro atoms. The molecule has 0 unspecified atom stereocenters. The van der Waals surface area contributed by atoms with E-state index < -0.39 is 0 Å². The lowest BCUT2D eigenvalue weighted by molar-refractivity contribution is 0.599. The van der Waals surface area contributed by atoms with Crippen molar-refractivity contribution in [2.45, 2.75) is 32.7 Å². The largest absolute Gasteiger partial charge is 0.383 e. The van der Waals surface area contributed by atoms with Crippen molar-refractivity contribution >= 4 is 23.0 Å². The fourth-order valence-electron chi connectivity index (χ4n) is 1.76. The Morgan fingerprint density at radius 2 is 2.11 bits per heavy atom. The molecule has 0 atom stereocenters. The second-order valence-corrected chi connectivity index (χ2v) is 5.42. The first-order chi connectivity index (χ1) is 8.54. The van der Waals surface area contributed by atoms with Crippen LogP contribution in [-0.4, -0.2) is 15.0 Å². The Labute approximate surface area is 111 Å². The quantitative estimate of drug-likeness (QED) is 0.886. The summed E-state index contributed by atoms with van der Waals surface area (Å²) in [6, 6.07) is 0. The highest BCUT2D eigenvalue weighted by Gasteiger charge is 2.24. The molecule has 0 aliphatic rings. The van der Waals surface area contributed by atoms with Gasteiger partial charge in [-0.25, -0.2) is 15.0 Å². The number of thiazole rings is 1. The predicted molar refractivity (Wildman–Crippen MR) is 74.6 cm³/mol. The molecular formula is C12H17N5S. The van der Waals surface area contributed by atoms with Crippen LogP contribution in [-0.2, 0) is 12.0 Å². The van der Waals surface area contributed by atoms with Gasteiger partial charge in [0.2, 0.25) is 0 Å². The van der Waals surface area contributed by atoms with Gasteiger partial charge < -0.3 is 11.1 Å². The molecule has 2 rings (SSSR count). The summed E-state index contributed by atoms with van der Waals surface area (Å²) in [4.78, 5) is 12.6. The molecule has 5 nitrogen and oxygen atoms in total. The van der Waals surface area contributed by atoms with E-state index in [4.69, 9.17) is 5.73 Å². The van der Waals surface area contributed by atoms with Gasteiger partial charge in [-0.2, -0.15) is 0 Å². The lowest BCUT2D eigenvalue weighted by atomic mass is 10.1. The van der Waals surface area contributed by atoms with Gasteiger partial charge in [-0.05, 0) is 20.3 Å². The Hall–Kier alpha value is -1.69. The number of hydrogen-bond donors (Lipinski definition) is 2. The molecule has 0 aromatic carbocycles. The van der Waals surface area contributed by atoms with Gasteiger partial charge >= 0.3 is 0 Å². The van der Waals surface area contributed by atoms with E-state index in [1.54, 1.807) is 17.5 Å². The third-order valence-electron chi connectivity index (χ3n) is 2.73. The van der Waals surface area contributed by atoms with Crippen LogP contribution in [0.1, 0.15) is 31.3 Å². The minimum absolute atomic E-state index is 0.279. The molecule has 96 valence electrons. The Kier molecular flexibility index (Phi) is 3.47. The van der Waals surface area contributed by atoms with Crippen LogP contribution in [0.2, 0.25) is 0 Å². The molecular weight excluding hydrogens is 246 g/mol. The molecule has 18 heavy (non-hydrogen) atoms. The standard InChI is InChI=1S/C12H17N5S/c1-4-8-9(13)15-7-16-10(8)17-12(2,3)11-14-5-6-18-11/h5-7H,4H2,1-3H3,(H3,13,15,16,17). The highest BCUT2D eigenvalue weighted by atomic mass is 32.1. The van der Waals surface area contributed by atoms with Gasteiger partial charge in [0, 0.05) is 17.1 Å². The maximum absolute atomic E-state index is 5.87. The molecule has 2 aromatic heterocycles. The summed E-state index contributed by atoms with van der Waals surface area (Å²) in [6.45, 7) is 6.18. The molecule has 0 radical (unpaired) electrons. The van der Waals surface area contributed by atoms with Crippen molar-refractivity contribution in [3.8, 4) is 0 Å². The van der Waals surface area contributed by atoms with Gasteiger partial charge in [-0.1, -0.05) is 6.92 Å². The topological polar surface area (TPSA) is 76.7 Å². The van der Waals surface area contributed by atoms with Crippen molar-refractivity contribution in [1.82, 2.24) is 15.0 Å². The lowest BCUT2D eigenvalue weighted by Crippen LogP contribution is -2.29. The van der Waals surface area contributed by atoms with Crippen molar-refractivity contribution in [2.75, 3.05) is 11.1 Å². The molecule has 0 aliphatic carbocycles. The lowest BCUT2D eigenvalue weighted by Gasteiger charge is -2.25. The third-order valence-corrected chi connectivity index (χ3v) is 3.83. The number of nitrogens with one attached hydrogen (secondary N) is 1. The highest BCUT2D eigenvalue weighted by molar-refractivity contribution is 7.09. The van der Waals surface area contributed by atoms with E-state index in [-0.39, 0.29) is 5.54 Å². The summed E-state index contributed by atoms with van der Waals surface area (Å²) in [7, 11) is 0. The number of nitrogens with zero attached hydrogens (tertiary/aromatic N) is 3. The fraction of sp³-hybridized carbons (Fsp3) is 0.417. The minimum atomic E-state index is -0.279. The van der Waals surface area contributed by atoms with Crippen LogP contribution in [0.15, 0.2) is 17.9 Å². The molecule has 2 heterocycles. The zero-order chi connectivity index (χ0) is 13.2. The first-order valence-electron chi connectivity index (χ1n) is 5.82. The molecule has 0 saturated heterocycles. The van der Waals surface area contributed by atoms with Crippen molar-refractivity contribution in [3.63, 3.8) is 0 Å². The van der Waals surface area contributed by atoms with Crippen LogP contribution in [0.4, 0.5) is 11.6 Å². The molecule has 0 aliphatic heterocycles. The van der Waals surface area contributed by atoms with Crippen LogP contribution >= 0.6 is 11.3 Å². The monoisotopic (exact) mass is 263 g/mol. The minimum Gasteiger partial charge on any atom is -0.383 e. The van der Waals surface area contributed by atoms with Gasteiger partial charge in [0.1, 0.15) is 23.0 Å². The van der Waals surface area contributed by atoms with Crippen molar-refractivity contribution in [1.29, 1.82) is 0 Å². The highest BCUT2D eigenvalue weighted by Crippen LogP contribution is 2.28. The normalized spacial score (nSPS) is 11.5. The van der Waals surface area contributed by atoms with E-state index >= 15 is 0 Å². The Morgan fingerprint density at radius 3 is 2.72 bits per heavy atom. The SMILES string of the molecule is CCc1c(N)ncnc1NC(C)(C)c1nccs1. The van der Waals surface area contributed by atoms with E-state index in [0.717, 1.165) is 22.8 Å². The maximum atomic E-state index is 5.87. The van der Waals surface area contributed by atoms with E-state index in [0.29, 0.717) is 5.82 Å². The Morgan fingerprint density at radius 1 is 1.33 bits per heavy atom. The number of aromatic nitrogens is 3. The van der Waals surface area contributed by atoms with E-state index in [9.17, 15) is 0 Å². The molecule has 0 amide bonds. The van der Waals surface area contributed by atoms with Crippen molar-refractivity contribution in [3.05, 3.63) is 28.5 Å². The second-order valence-electron chi connectivity index (χ2n) is 4.53. The molecule has 3 N–H and O–H groups in total. The second kappa shape index (κ2) is 4.89. The summed E-state index contributed by atoms with van der Waals surface area (Å²) in [5.41, 5.74) is 6.53. The summed E-state index contributed by atoms with van der Waals surface area (Å²) >= 11 is 1.62. The zero-order valence-electron chi connectivity index (χ0n) is 10.8. The number of rotatable bonds is 4. The third kappa shape index (κ3) is 2.43. The summed E-state index contributed by atoms with van der Waals surface area (Å²) in [6.07, 6.45) is 4.08. The molecule has 0 fully saturated rings. The summed E-state index contributed by atoms with van der Waals surface area (Å²) < 4.78 is 0. The van der Waals surface area contributed by atoms with Crippen LogP contribution in [0.3, 0.4) is 0 Å². The molecule has 0 bridgehead atoms. The van der Waals surface area contributed by atoms with Crippen LogP contribution < -0.4 is 11.1 Å². The zero-order valence-corrected chi connectivity index (χ0v) is 11.6. The van der Waals surface area contributed by atoms with Crippen molar-refractivity contribution < 1.29 is 0 Å². The summed E-state index contributed by atoms with van der Waals surface area (Å²) in [5.74, 6) is 1.31. The Balaban J connectivity index is 2.32. The average molecular weight is 263 g/mol. The van der Waals surface area contributed by atoms with Crippen molar-refractivity contribution in [2.24, 2.45) is 0 Å². The number of nitrogens with two attached hydrogens (primary N) is 1. The summed E-state index contributed by atoms with van der Waals surface area (Å²) in [5, 5.41) is 6.38. The smallest absolute Gasteiger partial charge is 0.135 e. The number of anilines is 2. The maximum Gasteiger partial charge on any atom is 0.135 e. The van der Waals surface area contributed by atoms with Gasteiger partial charge in [0.25, 0.3) is 0 Å². The van der Waals surface area contributed by atoms with Gasteiger partial charge in [-0.3, -0.25) is 0 Å². The molecule has 2 aromatic rings. The fourth-order valence-corrected chi connectivity index (χ4v) is 2.48. The number of nitrogen functional groups attached to an aromatic ring is 1.